The summed E-state index contributed by atoms with van der Waals surface area (Å²) < 4.78 is 16.7. The molecule has 1 unspecified atom stereocenters. The van der Waals surface area contributed by atoms with E-state index in [0.717, 1.165) is 4.70 Å². The second kappa shape index (κ2) is 9.35. The van der Waals surface area contributed by atoms with Gasteiger partial charge in [0.1, 0.15) is 23.0 Å². The van der Waals surface area contributed by atoms with E-state index >= 15 is 0 Å². The molecule has 36 heavy (non-hydrogen) atoms. The largest absolute Gasteiger partial charge is 0.507 e. The van der Waals surface area contributed by atoms with Crippen LogP contribution in [0.15, 0.2) is 72.3 Å². The number of Topliss-reactive ketones (excluding diaryl/α,β-unsaturated/α-hetero) is 1. The van der Waals surface area contributed by atoms with Crippen LogP contribution in [0, 0.1) is 0 Å². The average molecular weight is 503 g/mol. The molecule has 1 amide bonds. The zero-order chi connectivity index (χ0) is 25.4. The first kappa shape index (κ1) is 23.4. The molecule has 1 aliphatic heterocycles. The van der Waals surface area contributed by atoms with E-state index in [2.05, 4.69) is 4.98 Å². The van der Waals surface area contributed by atoms with Crippen molar-refractivity contribution in [1.82, 2.24) is 4.98 Å². The van der Waals surface area contributed by atoms with Crippen LogP contribution in [-0.2, 0) is 9.59 Å². The number of amides is 1. The number of hydrogen-bond acceptors (Lipinski definition) is 8. The number of benzene rings is 3. The number of hydrogen-bond donors (Lipinski definition) is 1. The molecule has 1 saturated heterocycles. The number of carbonyl (C=O) groups is 2. The Bertz CT molecular complexity index is 1510. The lowest BCUT2D eigenvalue weighted by Crippen LogP contribution is -2.29. The summed E-state index contributed by atoms with van der Waals surface area (Å²) in [7, 11) is 4.65. The Labute approximate surface area is 211 Å². The summed E-state index contributed by atoms with van der Waals surface area (Å²) in [5.74, 6) is -0.0487. The van der Waals surface area contributed by atoms with Gasteiger partial charge in [0.15, 0.2) is 5.13 Å². The van der Waals surface area contributed by atoms with Crippen LogP contribution in [0.3, 0.4) is 0 Å². The maximum absolute atomic E-state index is 13.4. The van der Waals surface area contributed by atoms with Crippen molar-refractivity contribution in [3.63, 3.8) is 0 Å². The van der Waals surface area contributed by atoms with E-state index < -0.39 is 17.7 Å². The van der Waals surface area contributed by atoms with Crippen LogP contribution in [0.25, 0.3) is 16.0 Å². The molecule has 0 spiro atoms. The maximum Gasteiger partial charge on any atom is 0.301 e. The van der Waals surface area contributed by atoms with Gasteiger partial charge in [-0.3, -0.25) is 14.5 Å². The summed E-state index contributed by atoms with van der Waals surface area (Å²) in [6.45, 7) is 0. The number of ether oxygens (including phenoxy) is 3. The Morgan fingerprint density at radius 1 is 0.889 bits per heavy atom. The second-order valence-corrected chi connectivity index (χ2v) is 9.01. The second-order valence-electron chi connectivity index (χ2n) is 8.00. The highest BCUT2D eigenvalue weighted by Gasteiger charge is 2.48. The van der Waals surface area contributed by atoms with E-state index in [1.165, 1.54) is 30.5 Å². The topological polar surface area (TPSA) is 98.2 Å². The van der Waals surface area contributed by atoms with Crippen molar-refractivity contribution in [3.05, 3.63) is 83.4 Å². The van der Waals surface area contributed by atoms with Crippen LogP contribution in [-0.4, -0.2) is 43.1 Å². The molecule has 0 aliphatic carbocycles. The number of aliphatic hydroxyl groups excluding tert-OH is 1. The Morgan fingerprint density at radius 2 is 1.56 bits per heavy atom. The van der Waals surface area contributed by atoms with Crippen LogP contribution in [0.1, 0.15) is 17.2 Å². The van der Waals surface area contributed by atoms with Gasteiger partial charge in [0.25, 0.3) is 5.78 Å². The minimum Gasteiger partial charge on any atom is -0.507 e. The van der Waals surface area contributed by atoms with E-state index in [1.54, 1.807) is 67.8 Å². The molecule has 1 aliphatic rings. The average Bonchev–Trinajstić information content (AvgIpc) is 3.45. The third-order valence-electron chi connectivity index (χ3n) is 6.01. The van der Waals surface area contributed by atoms with E-state index in [4.69, 9.17) is 14.2 Å². The number of fused-ring (bicyclic) bond motifs is 1. The van der Waals surface area contributed by atoms with Crippen LogP contribution in [0.5, 0.6) is 17.2 Å². The number of carbonyl (C=O) groups excluding carboxylic acids is 2. The fourth-order valence-electron chi connectivity index (χ4n) is 4.18. The minimum atomic E-state index is -0.912. The van der Waals surface area contributed by atoms with Gasteiger partial charge < -0.3 is 19.3 Å². The number of aromatic nitrogens is 1. The first-order chi connectivity index (χ1) is 17.4. The van der Waals surface area contributed by atoms with Crippen LogP contribution < -0.4 is 19.1 Å². The van der Waals surface area contributed by atoms with Gasteiger partial charge in [0, 0.05) is 5.56 Å². The third kappa shape index (κ3) is 3.93. The van der Waals surface area contributed by atoms with Gasteiger partial charge in [-0.2, -0.15) is 0 Å². The Kier molecular flexibility index (Phi) is 6.07. The summed E-state index contributed by atoms with van der Waals surface area (Å²) >= 11 is 1.26. The highest BCUT2D eigenvalue weighted by Crippen LogP contribution is 2.45. The monoisotopic (exact) mass is 502 g/mol. The first-order valence-electron chi connectivity index (χ1n) is 11.0. The molecule has 0 bridgehead atoms. The standard InChI is InChI=1S/C27H22N2O6S/c1-33-17-9-7-15(8-10-17)24(30)22-23(16-5-4-6-18(13-16)34-2)29(26(32)25(22)31)27-28-20-12-11-19(35-3)14-21(20)36-27/h4-14,23,30H,1-3H3/b24-22+. The Hall–Kier alpha value is -4.37. The fraction of sp³-hybridized carbons (Fsp3) is 0.148. The molecule has 8 nitrogen and oxygen atoms in total. The van der Waals surface area contributed by atoms with Crippen molar-refractivity contribution in [1.29, 1.82) is 0 Å². The van der Waals surface area contributed by atoms with Gasteiger partial charge in [-0.15, -0.1) is 0 Å². The molecule has 1 N–H and O–H groups in total. The van der Waals surface area contributed by atoms with E-state index in [0.29, 0.717) is 39.0 Å². The summed E-state index contributed by atoms with van der Waals surface area (Å²) in [4.78, 5) is 32.7. The molecule has 0 saturated carbocycles. The molecule has 182 valence electrons. The molecule has 3 aromatic carbocycles. The molecular weight excluding hydrogens is 480 g/mol. The molecule has 4 aromatic rings. The lowest BCUT2D eigenvalue weighted by atomic mass is 9.95. The van der Waals surface area contributed by atoms with Crippen molar-refractivity contribution < 1.29 is 28.9 Å². The van der Waals surface area contributed by atoms with Gasteiger partial charge in [-0.25, -0.2) is 4.98 Å². The quantitative estimate of drug-likeness (QED) is 0.226. The molecule has 5 rings (SSSR count). The summed E-state index contributed by atoms with van der Waals surface area (Å²) in [6, 6.07) is 18.2. The number of aliphatic hydroxyl groups is 1. The molecular formula is C27H22N2O6S. The van der Waals surface area contributed by atoms with E-state index in [1.807, 2.05) is 6.07 Å². The predicted molar refractivity (Wildman–Crippen MR) is 137 cm³/mol. The third-order valence-corrected chi connectivity index (χ3v) is 7.03. The minimum absolute atomic E-state index is 0.0322. The van der Waals surface area contributed by atoms with E-state index in [9.17, 15) is 14.7 Å². The molecule has 9 heteroatoms. The smallest absolute Gasteiger partial charge is 0.301 e. The van der Waals surface area contributed by atoms with Crippen LogP contribution >= 0.6 is 11.3 Å². The molecule has 1 aromatic heterocycles. The van der Waals surface area contributed by atoms with Crippen LogP contribution in [0.2, 0.25) is 0 Å². The van der Waals surface area contributed by atoms with E-state index in [-0.39, 0.29) is 11.3 Å². The molecule has 1 atom stereocenters. The fourth-order valence-corrected chi connectivity index (χ4v) is 5.20. The van der Waals surface area contributed by atoms with Gasteiger partial charge in [-0.05, 0) is 60.2 Å². The zero-order valence-electron chi connectivity index (χ0n) is 19.7. The van der Waals surface area contributed by atoms with Crippen molar-refractivity contribution in [2.24, 2.45) is 0 Å². The van der Waals surface area contributed by atoms with Gasteiger partial charge in [0.05, 0.1) is 43.2 Å². The highest BCUT2D eigenvalue weighted by molar-refractivity contribution is 7.22. The number of rotatable bonds is 6. The SMILES string of the molecule is COc1ccc(/C(O)=C2\C(=O)C(=O)N(c3nc4ccc(OC)cc4s3)C2c2cccc(OC)c2)cc1. The van der Waals surface area contributed by atoms with Crippen molar-refractivity contribution in [2.45, 2.75) is 6.04 Å². The first-order valence-corrected chi connectivity index (χ1v) is 11.8. The zero-order valence-corrected chi connectivity index (χ0v) is 20.5. The Balaban J connectivity index is 1.71. The van der Waals surface area contributed by atoms with Gasteiger partial charge in [-0.1, -0.05) is 23.5 Å². The number of thiazole rings is 1. The lowest BCUT2D eigenvalue weighted by Gasteiger charge is -2.23. The Morgan fingerprint density at radius 3 is 2.25 bits per heavy atom. The lowest BCUT2D eigenvalue weighted by molar-refractivity contribution is -0.132. The van der Waals surface area contributed by atoms with Crippen molar-refractivity contribution in [3.8, 4) is 17.2 Å². The normalized spacial score (nSPS) is 17.0. The van der Waals surface area contributed by atoms with Gasteiger partial charge >= 0.3 is 5.91 Å². The number of methoxy groups -OCH3 is 3. The summed E-state index contributed by atoms with van der Waals surface area (Å²) in [5, 5.41) is 11.6. The highest BCUT2D eigenvalue weighted by atomic mass is 32.1. The van der Waals surface area contributed by atoms with Crippen LogP contribution in [0.4, 0.5) is 5.13 Å². The number of anilines is 1. The number of nitrogens with zero attached hydrogens (tertiary/aromatic N) is 2. The van der Waals surface area contributed by atoms with Gasteiger partial charge in [0.2, 0.25) is 0 Å². The maximum atomic E-state index is 13.4. The molecule has 0 radical (unpaired) electrons. The van der Waals surface area contributed by atoms with Crippen molar-refractivity contribution >= 4 is 44.1 Å². The van der Waals surface area contributed by atoms with Crippen molar-refractivity contribution in [2.75, 3.05) is 26.2 Å². The summed E-state index contributed by atoms with van der Waals surface area (Å²) in [6.07, 6.45) is 0. The number of ketones is 1. The summed E-state index contributed by atoms with van der Waals surface area (Å²) in [5.41, 5.74) is 1.61. The molecule has 2 heterocycles. The molecule has 1 fully saturated rings. The predicted octanol–water partition coefficient (Wildman–Crippen LogP) is 4.95.